The zero-order chi connectivity index (χ0) is 20.6. The van der Waals surface area contributed by atoms with E-state index in [1.807, 2.05) is 29.2 Å². The summed E-state index contributed by atoms with van der Waals surface area (Å²) in [4.78, 5) is 15.1. The van der Waals surface area contributed by atoms with Crippen molar-refractivity contribution in [2.75, 3.05) is 10.2 Å². The van der Waals surface area contributed by atoms with E-state index in [0.717, 1.165) is 17.7 Å². The summed E-state index contributed by atoms with van der Waals surface area (Å²) in [5.74, 6) is -0.328. The van der Waals surface area contributed by atoms with Gasteiger partial charge in [0.1, 0.15) is 5.82 Å². The number of fused-ring (bicyclic) bond motifs is 1. The monoisotopic (exact) mass is 388 g/mol. The molecule has 0 fully saturated rings. The number of nitrogens with one attached hydrogen (secondary N) is 1. The first-order valence-corrected chi connectivity index (χ1v) is 9.83. The standard InChI is InChI=1S/C25H25FN2O/c1-24(2)17-25(3,18-9-5-4-6-10-18)21-11-7-8-12-22(21)28(24)23(29)27-20-15-13-19(26)14-16-20/h4-16H,17H2,1-3H3,(H,27,29). The number of anilines is 2. The first-order valence-electron chi connectivity index (χ1n) is 9.83. The quantitative estimate of drug-likeness (QED) is 0.545. The summed E-state index contributed by atoms with van der Waals surface area (Å²) < 4.78 is 13.2. The van der Waals surface area contributed by atoms with Crippen LogP contribution in [-0.4, -0.2) is 11.6 Å². The second-order valence-corrected chi connectivity index (χ2v) is 8.48. The van der Waals surface area contributed by atoms with Crippen molar-refractivity contribution >= 4 is 17.4 Å². The summed E-state index contributed by atoms with van der Waals surface area (Å²) in [7, 11) is 0. The van der Waals surface area contributed by atoms with Gasteiger partial charge in [0.05, 0.1) is 5.69 Å². The van der Waals surface area contributed by atoms with Crippen LogP contribution in [0.25, 0.3) is 0 Å². The molecule has 1 N–H and O–H groups in total. The summed E-state index contributed by atoms with van der Waals surface area (Å²) >= 11 is 0. The minimum absolute atomic E-state index is 0.214. The van der Waals surface area contributed by atoms with Gasteiger partial charge in [-0.1, -0.05) is 55.5 Å². The van der Waals surface area contributed by atoms with Gasteiger partial charge in [0.25, 0.3) is 0 Å². The molecule has 0 saturated heterocycles. The highest BCUT2D eigenvalue weighted by Crippen LogP contribution is 2.50. The van der Waals surface area contributed by atoms with Gasteiger partial charge in [0.15, 0.2) is 0 Å². The molecule has 1 aliphatic heterocycles. The Kier molecular flexibility index (Phi) is 4.65. The molecule has 1 unspecified atom stereocenters. The van der Waals surface area contributed by atoms with Crippen molar-refractivity contribution in [1.29, 1.82) is 0 Å². The summed E-state index contributed by atoms with van der Waals surface area (Å²) in [5.41, 5.74) is 3.19. The van der Waals surface area contributed by atoms with Crippen molar-refractivity contribution in [3.8, 4) is 0 Å². The predicted octanol–water partition coefficient (Wildman–Crippen LogP) is 6.35. The van der Waals surface area contributed by atoms with Crippen molar-refractivity contribution in [2.45, 2.75) is 38.1 Å². The van der Waals surface area contributed by atoms with Crippen LogP contribution in [0.2, 0.25) is 0 Å². The van der Waals surface area contributed by atoms with E-state index >= 15 is 0 Å². The number of benzene rings is 3. The van der Waals surface area contributed by atoms with Gasteiger partial charge in [-0.15, -0.1) is 0 Å². The van der Waals surface area contributed by atoms with Crippen LogP contribution in [0.15, 0.2) is 78.9 Å². The molecule has 1 aliphatic rings. The molecule has 0 bridgehead atoms. The fourth-order valence-corrected chi connectivity index (χ4v) is 4.66. The molecule has 4 heteroatoms. The predicted molar refractivity (Wildman–Crippen MR) is 116 cm³/mol. The number of para-hydroxylation sites is 1. The smallest absolute Gasteiger partial charge is 0.308 e. The molecule has 0 saturated carbocycles. The number of carbonyl (C=O) groups is 1. The van der Waals surface area contributed by atoms with E-state index in [0.29, 0.717) is 5.69 Å². The summed E-state index contributed by atoms with van der Waals surface area (Å²) in [6, 6.07) is 24.2. The van der Waals surface area contributed by atoms with E-state index in [1.54, 1.807) is 12.1 Å². The van der Waals surface area contributed by atoms with E-state index in [4.69, 9.17) is 0 Å². The van der Waals surface area contributed by atoms with Crippen molar-refractivity contribution in [3.63, 3.8) is 0 Å². The lowest BCUT2D eigenvalue weighted by molar-refractivity contribution is 0.243. The van der Waals surface area contributed by atoms with Gasteiger partial charge >= 0.3 is 6.03 Å². The number of amides is 2. The van der Waals surface area contributed by atoms with Crippen LogP contribution >= 0.6 is 0 Å². The van der Waals surface area contributed by atoms with Crippen molar-refractivity contribution < 1.29 is 9.18 Å². The van der Waals surface area contributed by atoms with E-state index < -0.39 is 5.54 Å². The van der Waals surface area contributed by atoms with Gasteiger partial charge in [0, 0.05) is 16.6 Å². The van der Waals surface area contributed by atoms with Crippen LogP contribution in [-0.2, 0) is 5.41 Å². The number of hydrogen-bond donors (Lipinski definition) is 1. The number of halogens is 1. The highest BCUT2D eigenvalue weighted by atomic mass is 19.1. The molecule has 148 valence electrons. The van der Waals surface area contributed by atoms with Crippen molar-refractivity contribution in [3.05, 3.63) is 95.8 Å². The fourth-order valence-electron chi connectivity index (χ4n) is 4.66. The Balaban J connectivity index is 1.78. The second kappa shape index (κ2) is 7.03. The third kappa shape index (κ3) is 3.39. The Labute approximate surface area is 171 Å². The Morgan fingerprint density at radius 1 is 0.897 bits per heavy atom. The van der Waals surface area contributed by atoms with Crippen LogP contribution in [0, 0.1) is 5.82 Å². The lowest BCUT2D eigenvalue weighted by Gasteiger charge is -2.51. The normalized spacial score (nSPS) is 20.1. The van der Waals surface area contributed by atoms with Crippen LogP contribution in [0.1, 0.15) is 38.3 Å². The summed E-state index contributed by atoms with van der Waals surface area (Å²) in [6.07, 6.45) is 0.776. The highest BCUT2D eigenvalue weighted by molar-refractivity contribution is 6.04. The molecule has 3 aromatic carbocycles. The van der Waals surface area contributed by atoms with Gasteiger partial charge in [0.2, 0.25) is 0 Å². The molecular weight excluding hydrogens is 363 g/mol. The van der Waals surface area contributed by atoms with Crippen molar-refractivity contribution in [2.24, 2.45) is 0 Å². The molecule has 0 radical (unpaired) electrons. The van der Waals surface area contributed by atoms with Gasteiger partial charge in [-0.05, 0) is 61.7 Å². The number of nitrogens with zero attached hydrogens (tertiary/aromatic N) is 1. The maximum Gasteiger partial charge on any atom is 0.326 e. The zero-order valence-electron chi connectivity index (χ0n) is 16.9. The van der Waals surface area contributed by atoms with Crippen molar-refractivity contribution in [1.82, 2.24) is 0 Å². The summed E-state index contributed by atoms with van der Waals surface area (Å²) in [6.45, 7) is 6.43. The topological polar surface area (TPSA) is 32.3 Å². The maximum absolute atomic E-state index is 13.3. The molecule has 2 amide bonds. The molecule has 1 heterocycles. The minimum atomic E-state index is -0.428. The van der Waals surface area contributed by atoms with Crippen LogP contribution in [0.3, 0.4) is 0 Å². The third-order valence-electron chi connectivity index (χ3n) is 5.84. The molecule has 29 heavy (non-hydrogen) atoms. The molecule has 3 aromatic rings. The Hall–Kier alpha value is -3.14. The number of rotatable bonds is 2. The average molecular weight is 388 g/mol. The zero-order valence-corrected chi connectivity index (χ0v) is 16.9. The first-order chi connectivity index (χ1) is 13.8. The van der Waals surface area contributed by atoms with E-state index in [9.17, 15) is 9.18 Å². The maximum atomic E-state index is 13.3. The fraction of sp³-hybridized carbons (Fsp3) is 0.240. The van der Waals surface area contributed by atoms with Gasteiger partial charge < -0.3 is 5.32 Å². The SMILES string of the molecule is CC1(c2ccccc2)CC(C)(C)N(C(=O)Nc2ccc(F)cc2)c2ccccc21. The number of carbonyl (C=O) groups excluding carboxylic acids is 1. The van der Waals surface area contributed by atoms with E-state index in [1.165, 1.54) is 17.7 Å². The molecule has 3 nitrogen and oxygen atoms in total. The number of urea groups is 1. The molecule has 4 rings (SSSR count). The van der Waals surface area contributed by atoms with Gasteiger partial charge in [-0.2, -0.15) is 0 Å². The molecule has 0 aromatic heterocycles. The van der Waals surface area contributed by atoms with Gasteiger partial charge in [-0.3, -0.25) is 4.90 Å². The van der Waals surface area contributed by atoms with Crippen LogP contribution < -0.4 is 10.2 Å². The van der Waals surface area contributed by atoms with Gasteiger partial charge in [-0.25, -0.2) is 9.18 Å². The largest absolute Gasteiger partial charge is 0.326 e. The third-order valence-corrected chi connectivity index (χ3v) is 5.84. The van der Waals surface area contributed by atoms with Crippen LogP contribution in [0.5, 0.6) is 0 Å². The Bertz CT molecular complexity index is 1030. The Morgan fingerprint density at radius 3 is 2.21 bits per heavy atom. The lowest BCUT2D eigenvalue weighted by atomic mass is 9.65. The Morgan fingerprint density at radius 2 is 1.52 bits per heavy atom. The average Bonchev–Trinajstić information content (AvgIpc) is 2.70. The molecule has 0 aliphatic carbocycles. The van der Waals surface area contributed by atoms with E-state index in [2.05, 4.69) is 56.4 Å². The molecule has 1 atom stereocenters. The molecule has 0 spiro atoms. The second-order valence-electron chi connectivity index (χ2n) is 8.48. The number of hydrogen-bond acceptors (Lipinski definition) is 1. The van der Waals surface area contributed by atoms with E-state index in [-0.39, 0.29) is 17.3 Å². The van der Waals surface area contributed by atoms with Crippen LogP contribution in [0.4, 0.5) is 20.6 Å². The lowest BCUT2D eigenvalue weighted by Crippen LogP contribution is -2.57. The highest BCUT2D eigenvalue weighted by Gasteiger charge is 2.47. The minimum Gasteiger partial charge on any atom is -0.308 e. The molecular formula is C25H25FN2O. The summed E-state index contributed by atoms with van der Waals surface area (Å²) in [5, 5.41) is 2.92. The first kappa shape index (κ1) is 19.2.